The molecule has 1 atom stereocenters. The van der Waals surface area contributed by atoms with Crippen molar-refractivity contribution in [3.63, 3.8) is 0 Å². The van der Waals surface area contributed by atoms with Gasteiger partial charge in [0.15, 0.2) is 0 Å². The molecule has 0 radical (unpaired) electrons. The smallest absolute Gasteiger partial charge is 0.221 e. The Kier molecular flexibility index (Phi) is 6.65. The normalized spacial score (nSPS) is 20.9. The zero-order chi connectivity index (χ0) is 13.5. The lowest BCUT2D eigenvalue weighted by Crippen LogP contribution is -2.34. The standard InChI is InChI=1S/C14H29N3O/c1-11(2)15-7-5-14(18)16-9-13-6-8-17(10-13)12(3)4/h11-13,15H,5-10H2,1-4H3,(H,16,18). The van der Waals surface area contributed by atoms with Gasteiger partial charge in [0.2, 0.25) is 5.91 Å². The fourth-order valence-electron chi connectivity index (χ4n) is 2.32. The number of hydrogen-bond acceptors (Lipinski definition) is 3. The number of nitrogens with zero attached hydrogens (tertiary/aromatic N) is 1. The molecule has 4 nitrogen and oxygen atoms in total. The molecule has 0 bridgehead atoms. The van der Waals surface area contributed by atoms with Crippen LogP contribution in [0.25, 0.3) is 0 Å². The molecule has 1 heterocycles. The van der Waals surface area contributed by atoms with E-state index in [1.807, 2.05) is 0 Å². The van der Waals surface area contributed by atoms with E-state index >= 15 is 0 Å². The Morgan fingerprint density at radius 1 is 1.33 bits per heavy atom. The van der Waals surface area contributed by atoms with E-state index in [4.69, 9.17) is 0 Å². The lowest BCUT2D eigenvalue weighted by molar-refractivity contribution is -0.121. The Labute approximate surface area is 111 Å². The summed E-state index contributed by atoms with van der Waals surface area (Å²) in [5, 5.41) is 6.31. The largest absolute Gasteiger partial charge is 0.356 e. The maximum atomic E-state index is 11.6. The van der Waals surface area contributed by atoms with Crippen molar-refractivity contribution >= 4 is 5.91 Å². The number of hydrogen-bond donors (Lipinski definition) is 2. The average molecular weight is 255 g/mol. The minimum absolute atomic E-state index is 0.172. The van der Waals surface area contributed by atoms with Crippen molar-refractivity contribution in [3.05, 3.63) is 0 Å². The van der Waals surface area contributed by atoms with Crippen LogP contribution in [-0.2, 0) is 4.79 Å². The fraction of sp³-hybridized carbons (Fsp3) is 0.929. The van der Waals surface area contributed by atoms with E-state index in [9.17, 15) is 4.79 Å². The van der Waals surface area contributed by atoms with Crippen molar-refractivity contribution in [2.24, 2.45) is 5.92 Å². The number of nitrogens with one attached hydrogen (secondary N) is 2. The molecule has 0 aromatic rings. The second kappa shape index (κ2) is 7.74. The summed E-state index contributed by atoms with van der Waals surface area (Å²) < 4.78 is 0. The number of rotatable bonds is 7. The minimum atomic E-state index is 0.172. The Bertz CT molecular complexity index is 253. The molecule has 0 aromatic carbocycles. The van der Waals surface area contributed by atoms with Crippen LogP contribution in [0.4, 0.5) is 0 Å². The highest BCUT2D eigenvalue weighted by Gasteiger charge is 2.24. The first-order valence-corrected chi connectivity index (χ1v) is 7.23. The van der Waals surface area contributed by atoms with Crippen LogP contribution in [-0.4, -0.2) is 49.1 Å². The summed E-state index contributed by atoms with van der Waals surface area (Å²) in [5.74, 6) is 0.806. The van der Waals surface area contributed by atoms with Gasteiger partial charge in [0.25, 0.3) is 0 Å². The molecule has 0 aromatic heterocycles. The molecule has 1 saturated heterocycles. The van der Waals surface area contributed by atoms with E-state index in [1.54, 1.807) is 0 Å². The van der Waals surface area contributed by atoms with Crippen LogP contribution in [0.1, 0.15) is 40.5 Å². The molecule has 1 fully saturated rings. The van der Waals surface area contributed by atoms with Crippen LogP contribution in [0.2, 0.25) is 0 Å². The molecule has 4 heteroatoms. The second-order valence-electron chi connectivity index (χ2n) is 5.91. The number of likely N-dealkylation sites (tertiary alicyclic amines) is 1. The van der Waals surface area contributed by atoms with Gasteiger partial charge in [-0.25, -0.2) is 0 Å². The fourth-order valence-corrected chi connectivity index (χ4v) is 2.32. The Morgan fingerprint density at radius 2 is 2.06 bits per heavy atom. The molecule has 2 N–H and O–H groups in total. The summed E-state index contributed by atoms with van der Waals surface area (Å²) in [6.07, 6.45) is 1.79. The van der Waals surface area contributed by atoms with Crippen LogP contribution in [0.3, 0.4) is 0 Å². The highest BCUT2D eigenvalue weighted by atomic mass is 16.1. The van der Waals surface area contributed by atoms with Gasteiger partial charge in [-0.2, -0.15) is 0 Å². The second-order valence-corrected chi connectivity index (χ2v) is 5.91. The molecule has 0 aliphatic carbocycles. The molecule has 1 amide bonds. The Hall–Kier alpha value is -0.610. The van der Waals surface area contributed by atoms with Gasteiger partial charge in [0.05, 0.1) is 0 Å². The summed E-state index contributed by atoms with van der Waals surface area (Å²) in [4.78, 5) is 14.1. The van der Waals surface area contributed by atoms with Crippen molar-refractivity contribution < 1.29 is 4.79 Å². The van der Waals surface area contributed by atoms with E-state index in [-0.39, 0.29) is 5.91 Å². The van der Waals surface area contributed by atoms with Gasteiger partial charge in [-0.15, -0.1) is 0 Å². The third-order valence-corrected chi connectivity index (χ3v) is 3.54. The van der Waals surface area contributed by atoms with E-state index in [2.05, 4.69) is 43.2 Å². The summed E-state index contributed by atoms with van der Waals surface area (Å²) >= 11 is 0. The number of carbonyl (C=O) groups excluding carboxylic acids is 1. The summed E-state index contributed by atoms with van der Waals surface area (Å²) in [6.45, 7) is 12.6. The van der Waals surface area contributed by atoms with Crippen molar-refractivity contribution in [1.29, 1.82) is 0 Å². The summed E-state index contributed by atoms with van der Waals surface area (Å²) in [6, 6.07) is 1.08. The predicted octanol–water partition coefficient (Wildman–Crippen LogP) is 1.22. The van der Waals surface area contributed by atoms with Gasteiger partial charge in [0.1, 0.15) is 0 Å². The quantitative estimate of drug-likeness (QED) is 0.719. The van der Waals surface area contributed by atoms with Crippen LogP contribution < -0.4 is 10.6 Å². The van der Waals surface area contributed by atoms with Gasteiger partial charge in [-0.05, 0) is 32.7 Å². The zero-order valence-electron chi connectivity index (χ0n) is 12.3. The van der Waals surface area contributed by atoms with Crippen LogP contribution in [0.5, 0.6) is 0 Å². The third-order valence-electron chi connectivity index (χ3n) is 3.54. The molecule has 0 saturated carbocycles. The number of amides is 1. The Balaban J connectivity index is 2.08. The highest BCUT2D eigenvalue weighted by molar-refractivity contribution is 5.76. The Morgan fingerprint density at radius 3 is 2.61 bits per heavy atom. The first-order chi connectivity index (χ1) is 8.49. The van der Waals surface area contributed by atoms with Gasteiger partial charge in [-0.3, -0.25) is 4.79 Å². The summed E-state index contributed by atoms with van der Waals surface area (Å²) in [7, 11) is 0. The summed E-state index contributed by atoms with van der Waals surface area (Å²) in [5.41, 5.74) is 0. The predicted molar refractivity (Wildman–Crippen MR) is 75.6 cm³/mol. The molecule has 0 spiro atoms. The monoisotopic (exact) mass is 255 g/mol. The lowest BCUT2D eigenvalue weighted by atomic mass is 10.1. The van der Waals surface area contributed by atoms with Crippen LogP contribution in [0.15, 0.2) is 0 Å². The van der Waals surface area contributed by atoms with Crippen molar-refractivity contribution in [3.8, 4) is 0 Å². The van der Waals surface area contributed by atoms with Crippen molar-refractivity contribution in [2.45, 2.75) is 52.6 Å². The van der Waals surface area contributed by atoms with E-state index in [0.717, 1.165) is 19.6 Å². The van der Waals surface area contributed by atoms with Gasteiger partial charge < -0.3 is 15.5 Å². The molecule has 1 rings (SSSR count). The molecule has 18 heavy (non-hydrogen) atoms. The molecule has 106 valence electrons. The van der Waals surface area contributed by atoms with Gasteiger partial charge >= 0.3 is 0 Å². The van der Waals surface area contributed by atoms with E-state index in [0.29, 0.717) is 24.4 Å². The molecular formula is C14H29N3O. The molecule has 1 aliphatic rings. The maximum Gasteiger partial charge on any atom is 0.221 e. The minimum Gasteiger partial charge on any atom is -0.356 e. The molecular weight excluding hydrogens is 226 g/mol. The van der Waals surface area contributed by atoms with Crippen LogP contribution in [0, 0.1) is 5.92 Å². The third kappa shape index (κ3) is 5.83. The van der Waals surface area contributed by atoms with Crippen LogP contribution >= 0.6 is 0 Å². The average Bonchev–Trinajstić information content (AvgIpc) is 2.74. The van der Waals surface area contributed by atoms with Gasteiger partial charge in [0, 0.05) is 38.1 Å². The van der Waals surface area contributed by atoms with Crippen molar-refractivity contribution in [2.75, 3.05) is 26.2 Å². The first kappa shape index (κ1) is 15.4. The highest BCUT2D eigenvalue weighted by Crippen LogP contribution is 2.17. The lowest BCUT2D eigenvalue weighted by Gasteiger charge is -2.20. The van der Waals surface area contributed by atoms with Crippen molar-refractivity contribution in [1.82, 2.24) is 15.5 Å². The van der Waals surface area contributed by atoms with E-state index < -0.39 is 0 Å². The first-order valence-electron chi connectivity index (χ1n) is 7.23. The number of carbonyl (C=O) groups is 1. The molecule has 1 unspecified atom stereocenters. The SMILES string of the molecule is CC(C)NCCC(=O)NCC1CCN(C(C)C)C1. The van der Waals surface area contributed by atoms with E-state index in [1.165, 1.54) is 13.0 Å². The van der Waals surface area contributed by atoms with Gasteiger partial charge in [-0.1, -0.05) is 13.8 Å². The maximum absolute atomic E-state index is 11.6. The zero-order valence-corrected chi connectivity index (χ0v) is 12.3. The molecule has 1 aliphatic heterocycles. The topological polar surface area (TPSA) is 44.4 Å².